The predicted molar refractivity (Wildman–Crippen MR) is 45.6 cm³/mol. The first-order chi connectivity index (χ1) is 6.27. The lowest BCUT2D eigenvalue weighted by Crippen LogP contribution is -2.37. The molecule has 2 rings (SSSR count). The molecule has 1 saturated heterocycles. The summed E-state index contributed by atoms with van der Waals surface area (Å²) in [6.45, 7) is 1.02. The van der Waals surface area contributed by atoms with Crippen LogP contribution in [0.4, 0.5) is 4.79 Å². The van der Waals surface area contributed by atoms with E-state index in [1.54, 1.807) is 0 Å². The summed E-state index contributed by atoms with van der Waals surface area (Å²) in [5.41, 5.74) is 0.651. The van der Waals surface area contributed by atoms with Crippen LogP contribution in [0.25, 0.3) is 0 Å². The Morgan fingerprint density at radius 2 is 2.23 bits per heavy atom. The minimum Gasteiger partial charge on any atom is -0.331 e. The topological polar surface area (TPSA) is 72.6 Å². The van der Waals surface area contributed by atoms with Gasteiger partial charge in [0.1, 0.15) is 0 Å². The van der Waals surface area contributed by atoms with Crippen LogP contribution in [0.1, 0.15) is 12.8 Å². The number of nitrogens with one attached hydrogen (secondary N) is 1. The smallest absolute Gasteiger partial charge is 0.331 e. The van der Waals surface area contributed by atoms with E-state index in [0.717, 1.165) is 12.8 Å². The van der Waals surface area contributed by atoms with Crippen LogP contribution in [0.3, 0.4) is 0 Å². The molecule has 13 heavy (non-hydrogen) atoms. The monoisotopic (exact) mass is 180 g/mol. The van der Waals surface area contributed by atoms with Crippen molar-refractivity contribution in [2.75, 3.05) is 13.1 Å². The van der Waals surface area contributed by atoms with Crippen molar-refractivity contribution in [3.63, 3.8) is 0 Å². The zero-order valence-electron chi connectivity index (χ0n) is 7.12. The highest BCUT2D eigenvalue weighted by Crippen LogP contribution is 2.15. The van der Waals surface area contributed by atoms with E-state index in [9.17, 15) is 9.59 Å². The maximum atomic E-state index is 11.3. The SMILES string of the molecule is O=C1N=C(C2CCC[N]C2=O)CN1. The average molecular weight is 180 g/mol. The Balaban J connectivity index is 2.11. The Morgan fingerprint density at radius 1 is 1.38 bits per heavy atom. The second-order valence-corrected chi connectivity index (χ2v) is 3.18. The molecule has 69 valence electrons. The van der Waals surface area contributed by atoms with E-state index in [0.29, 0.717) is 18.8 Å². The van der Waals surface area contributed by atoms with E-state index in [1.807, 2.05) is 0 Å². The summed E-state index contributed by atoms with van der Waals surface area (Å²) < 4.78 is 0. The molecule has 0 aromatic heterocycles. The molecule has 5 heteroatoms. The van der Waals surface area contributed by atoms with Crippen LogP contribution in [0, 0.1) is 5.92 Å². The van der Waals surface area contributed by atoms with Gasteiger partial charge in [0.05, 0.1) is 18.2 Å². The molecule has 2 aliphatic heterocycles. The highest BCUT2D eigenvalue weighted by Gasteiger charge is 2.30. The minimum atomic E-state index is -0.339. The van der Waals surface area contributed by atoms with Crippen molar-refractivity contribution in [3.8, 4) is 0 Å². The lowest BCUT2D eigenvalue weighted by molar-refractivity contribution is -0.124. The van der Waals surface area contributed by atoms with Crippen LogP contribution in [0.15, 0.2) is 4.99 Å². The number of hydrogen-bond acceptors (Lipinski definition) is 2. The average Bonchev–Trinajstić information content (AvgIpc) is 2.53. The molecule has 0 aliphatic carbocycles. The Bertz CT molecular complexity index is 285. The lowest BCUT2D eigenvalue weighted by atomic mass is 9.94. The van der Waals surface area contributed by atoms with E-state index < -0.39 is 0 Å². The fraction of sp³-hybridized carbons (Fsp3) is 0.625. The van der Waals surface area contributed by atoms with Gasteiger partial charge in [-0.25, -0.2) is 9.79 Å². The van der Waals surface area contributed by atoms with Crippen molar-refractivity contribution < 1.29 is 9.59 Å². The van der Waals surface area contributed by atoms with Gasteiger partial charge in [-0.2, -0.15) is 0 Å². The number of carbonyl (C=O) groups is 2. The number of piperidine rings is 1. The number of rotatable bonds is 1. The van der Waals surface area contributed by atoms with Crippen molar-refractivity contribution in [2.24, 2.45) is 10.9 Å². The van der Waals surface area contributed by atoms with Gasteiger partial charge in [-0.15, -0.1) is 0 Å². The number of carbonyl (C=O) groups excluding carboxylic acids is 2. The third-order valence-corrected chi connectivity index (χ3v) is 2.28. The fourth-order valence-electron chi connectivity index (χ4n) is 1.60. The van der Waals surface area contributed by atoms with E-state index in [1.165, 1.54) is 0 Å². The number of amides is 3. The second-order valence-electron chi connectivity index (χ2n) is 3.18. The van der Waals surface area contributed by atoms with Gasteiger partial charge in [0.2, 0.25) is 5.91 Å². The van der Waals surface area contributed by atoms with Gasteiger partial charge >= 0.3 is 6.03 Å². The fourth-order valence-corrected chi connectivity index (χ4v) is 1.60. The number of nitrogens with zero attached hydrogens (tertiary/aromatic N) is 2. The van der Waals surface area contributed by atoms with Gasteiger partial charge in [0.15, 0.2) is 0 Å². The lowest BCUT2D eigenvalue weighted by Gasteiger charge is -2.19. The van der Waals surface area contributed by atoms with Gasteiger partial charge in [-0.1, -0.05) is 0 Å². The summed E-state index contributed by atoms with van der Waals surface area (Å²) in [6.07, 6.45) is 1.68. The Hall–Kier alpha value is -1.39. The summed E-state index contributed by atoms with van der Waals surface area (Å²) in [7, 11) is 0. The summed E-state index contributed by atoms with van der Waals surface area (Å²) in [5, 5.41) is 6.37. The quantitative estimate of drug-likeness (QED) is 0.601. The maximum absolute atomic E-state index is 11.3. The summed E-state index contributed by atoms with van der Waals surface area (Å²) >= 11 is 0. The second kappa shape index (κ2) is 3.16. The predicted octanol–water partition coefficient (Wildman–Crippen LogP) is -0.308. The van der Waals surface area contributed by atoms with Gasteiger partial charge in [-0.3, -0.25) is 10.1 Å². The van der Waals surface area contributed by atoms with Gasteiger partial charge in [0.25, 0.3) is 0 Å². The third kappa shape index (κ3) is 1.54. The van der Waals surface area contributed by atoms with E-state index >= 15 is 0 Å². The van der Waals surface area contributed by atoms with Crippen LogP contribution in [-0.2, 0) is 4.79 Å². The molecular weight excluding hydrogens is 170 g/mol. The molecule has 0 saturated carbocycles. The third-order valence-electron chi connectivity index (χ3n) is 2.28. The van der Waals surface area contributed by atoms with Crippen molar-refractivity contribution in [1.82, 2.24) is 10.6 Å². The maximum Gasteiger partial charge on any atom is 0.341 e. The van der Waals surface area contributed by atoms with Crippen LogP contribution >= 0.6 is 0 Å². The van der Waals surface area contributed by atoms with Gasteiger partial charge in [0, 0.05) is 6.54 Å². The molecule has 0 spiro atoms. The molecule has 1 N–H and O–H groups in total. The van der Waals surface area contributed by atoms with Crippen molar-refractivity contribution in [1.29, 1.82) is 0 Å². The van der Waals surface area contributed by atoms with Crippen molar-refractivity contribution >= 4 is 17.6 Å². The molecule has 3 amide bonds. The van der Waals surface area contributed by atoms with Crippen molar-refractivity contribution in [3.05, 3.63) is 0 Å². The first-order valence-electron chi connectivity index (χ1n) is 4.34. The molecule has 1 fully saturated rings. The molecule has 0 aromatic carbocycles. The molecule has 1 atom stereocenters. The largest absolute Gasteiger partial charge is 0.341 e. The van der Waals surface area contributed by atoms with Crippen LogP contribution < -0.4 is 10.6 Å². The van der Waals surface area contributed by atoms with Gasteiger partial charge in [-0.05, 0) is 12.8 Å². The summed E-state index contributed by atoms with van der Waals surface area (Å²) in [5.74, 6) is -0.366. The zero-order valence-corrected chi connectivity index (χ0v) is 7.12. The highest BCUT2D eigenvalue weighted by atomic mass is 16.2. The summed E-state index contributed by atoms with van der Waals surface area (Å²) in [4.78, 5) is 25.8. The molecule has 1 unspecified atom stereocenters. The minimum absolute atomic E-state index is 0.124. The molecular formula is C8H10N3O2. The molecule has 1 radical (unpaired) electrons. The van der Waals surface area contributed by atoms with E-state index in [4.69, 9.17) is 0 Å². The Morgan fingerprint density at radius 3 is 2.85 bits per heavy atom. The molecule has 2 heterocycles. The standard InChI is InChI=1S/C8H10N3O2/c12-7-5(2-1-3-9-7)6-4-10-8(13)11-6/h5H,1-4H2,(H,10,13). The summed E-state index contributed by atoms with van der Waals surface area (Å²) in [6, 6.07) is -0.339. The van der Waals surface area contributed by atoms with Crippen LogP contribution in [-0.4, -0.2) is 30.7 Å². The first kappa shape index (κ1) is 8.22. The number of aliphatic imine (C=N–C) groups is 1. The Labute approximate surface area is 75.6 Å². The number of hydrogen-bond donors (Lipinski definition) is 1. The molecule has 5 nitrogen and oxygen atoms in total. The normalized spacial score (nSPS) is 28.0. The Kier molecular flexibility index (Phi) is 2.00. The van der Waals surface area contributed by atoms with E-state index in [-0.39, 0.29) is 17.9 Å². The number of urea groups is 1. The van der Waals surface area contributed by atoms with Gasteiger partial charge < -0.3 is 5.32 Å². The van der Waals surface area contributed by atoms with Crippen LogP contribution in [0.2, 0.25) is 0 Å². The zero-order chi connectivity index (χ0) is 9.26. The van der Waals surface area contributed by atoms with E-state index in [2.05, 4.69) is 15.6 Å². The highest BCUT2D eigenvalue weighted by molar-refractivity contribution is 6.12. The molecule has 0 aromatic rings. The van der Waals surface area contributed by atoms with Crippen LogP contribution in [0.5, 0.6) is 0 Å². The first-order valence-corrected chi connectivity index (χ1v) is 4.34. The molecule has 2 aliphatic rings. The molecule has 0 bridgehead atoms. The van der Waals surface area contributed by atoms with Crippen molar-refractivity contribution in [2.45, 2.75) is 12.8 Å².